The summed E-state index contributed by atoms with van der Waals surface area (Å²) in [5, 5.41) is 0.770. The molecule has 7 heteroatoms. The topological polar surface area (TPSA) is 55.4 Å². The van der Waals surface area contributed by atoms with Crippen LogP contribution in [0.5, 0.6) is 0 Å². The fourth-order valence-electron chi connectivity index (χ4n) is 3.36. The number of halogens is 2. The van der Waals surface area contributed by atoms with Crippen molar-refractivity contribution in [3.05, 3.63) is 63.1 Å². The molecule has 0 aromatic heterocycles. The van der Waals surface area contributed by atoms with E-state index in [2.05, 4.69) is 16.9 Å². The summed E-state index contributed by atoms with van der Waals surface area (Å²) >= 11 is 11.4. The molecule has 1 N–H and O–H groups in total. The van der Waals surface area contributed by atoms with Gasteiger partial charge in [-0.25, -0.2) is 4.72 Å². The number of carbonyl (C=O) groups excluding carboxylic acids is 1. The van der Waals surface area contributed by atoms with E-state index in [0.717, 1.165) is 6.42 Å². The quantitative estimate of drug-likeness (QED) is 0.760. The van der Waals surface area contributed by atoms with Crippen molar-refractivity contribution >= 4 is 46.2 Å². The average Bonchev–Trinajstić information content (AvgIpc) is 2.61. The van der Waals surface area contributed by atoms with E-state index in [1.165, 1.54) is 17.4 Å². The van der Waals surface area contributed by atoms with Gasteiger partial charge in [-0.2, -0.15) is 0 Å². The predicted octanol–water partition coefficient (Wildman–Crippen LogP) is 4.39. The third-order valence-electron chi connectivity index (χ3n) is 4.68. The van der Waals surface area contributed by atoms with E-state index in [-0.39, 0.29) is 18.4 Å². The van der Waals surface area contributed by atoms with Crippen molar-refractivity contribution in [1.29, 1.82) is 0 Å². The van der Waals surface area contributed by atoms with Crippen LogP contribution in [0.2, 0.25) is 10.0 Å². The Bertz CT molecular complexity index is 829. The first kappa shape index (κ1) is 19.4. The van der Waals surface area contributed by atoms with Crippen LogP contribution in [0.15, 0.2) is 36.4 Å². The number of hydrogen-bond donors (Lipinski definition) is 1. The minimum absolute atomic E-state index is 0.00875. The Morgan fingerprint density at radius 2 is 2.04 bits per heavy atom. The van der Waals surface area contributed by atoms with Crippen LogP contribution in [-0.2, 0) is 29.0 Å². The maximum absolute atomic E-state index is 13.0. The third-order valence-corrected chi connectivity index (χ3v) is 5.98. The van der Waals surface area contributed by atoms with Crippen molar-refractivity contribution in [2.24, 2.45) is 0 Å². The van der Waals surface area contributed by atoms with Crippen molar-refractivity contribution < 1.29 is 9.35 Å². The summed E-state index contributed by atoms with van der Waals surface area (Å²) in [4.78, 5) is 14.8. The van der Waals surface area contributed by atoms with Gasteiger partial charge < -0.3 is 9.45 Å². The summed E-state index contributed by atoms with van der Waals surface area (Å²) in [6.45, 7) is 2.71. The van der Waals surface area contributed by atoms with Crippen molar-refractivity contribution in [1.82, 2.24) is 4.90 Å². The summed E-state index contributed by atoms with van der Waals surface area (Å²) in [5.74, 6) is -0.0226. The lowest BCUT2D eigenvalue weighted by Crippen LogP contribution is -2.39. The van der Waals surface area contributed by atoms with Crippen LogP contribution in [0, 0.1) is 0 Å². The second-order valence-corrected chi connectivity index (χ2v) is 8.23. The highest BCUT2D eigenvalue weighted by atomic mass is 35.5. The van der Waals surface area contributed by atoms with Crippen LogP contribution in [0.4, 0.5) is 5.69 Å². The Labute approximate surface area is 166 Å². The molecule has 0 spiro atoms. The largest absolute Gasteiger partial charge is 0.593 e. The average molecular weight is 411 g/mol. The Balaban J connectivity index is 1.83. The van der Waals surface area contributed by atoms with Gasteiger partial charge in [-0.1, -0.05) is 47.5 Å². The van der Waals surface area contributed by atoms with E-state index in [0.29, 0.717) is 27.8 Å². The molecule has 2 aromatic carbocycles. The van der Waals surface area contributed by atoms with E-state index < -0.39 is 11.4 Å². The van der Waals surface area contributed by atoms with Gasteiger partial charge in [0.15, 0.2) is 0 Å². The predicted molar refractivity (Wildman–Crippen MR) is 108 cm³/mol. The number of fused-ring (bicyclic) bond motifs is 1. The molecular weight excluding hydrogens is 391 g/mol. The maximum Gasteiger partial charge on any atom is 0.227 e. The van der Waals surface area contributed by atoms with E-state index in [9.17, 15) is 9.35 Å². The number of nitrogens with zero attached hydrogens (tertiary/aromatic N) is 1. The molecule has 2 aromatic rings. The summed E-state index contributed by atoms with van der Waals surface area (Å²) in [7, 11) is 0. The number of carbonyl (C=O) groups is 1. The number of rotatable bonds is 4. The number of anilines is 1. The smallest absolute Gasteiger partial charge is 0.227 e. The van der Waals surface area contributed by atoms with E-state index in [4.69, 9.17) is 23.2 Å². The molecule has 26 heavy (non-hydrogen) atoms. The van der Waals surface area contributed by atoms with Gasteiger partial charge in [0.2, 0.25) is 5.91 Å². The SMILES string of the molecule is CC1c2ccccc2CCN1C(=O)Cc1c(Cl)ccc(N[S+](C)[O-])c1Cl. The highest BCUT2D eigenvalue weighted by Gasteiger charge is 2.28. The summed E-state index contributed by atoms with van der Waals surface area (Å²) < 4.78 is 14.2. The fourth-order valence-corrected chi connectivity index (χ4v) is 4.45. The zero-order valence-corrected chi connectivity index (χ0v) is 16.9. The Hall–Kier alpha value is -1.40. The Kier molecular flexibility index (Phi) is 6.03. The van der Waals surface area contributed by atoms with Gasteiger partial charge in [-0.05, 0) is 36.6 Å². The minimum atomic E-state index is -1.26. The van der Waals surface area contributed by atoms with E-state index in [1.807, 2.05) is 24.0 Å². The molecular formula is C19H20Cl2N2O2S. The van der Waals surface area contributed by atoms with E-state index >= 15 is 0 Å². The van der Waals surface area contributed by atoms with Crippen LogP contribution in [0.1, 0.15) is 29.7 Å². The van der Waals surface area contributed by atoms with E-state index in [1.54, 1.807) is 12.1 Å². The van der Waals surface area contributed by atoms with Crippen molar-refractivity contribution in [3.8, 4) is 0 Å². The molecule has 0 saturated heterocycles. The van der Waals surface area contributed by atoms with Crippen LogP contribution in [0.3, 0.4) is 0 Å². The molecule has 4 nitrogen and oxygen atoms in total. The van der Waals surface area contributed by atoms with Gasteiger partial charge in [0.25, 0.3) is 0 Å². The number of amides is 1. The lowest BCUT2D eigenvalue weighted by molar-refractivity contribution is -0.133. The van der Waals surface area contributed by atoms with Gasteiger partial charge in [-0.3, -0.25) is 4.79 Å². The van der Waals surface area contributed by atoms with Crippen LogP contribution in [-0.4, -0.2) is 28.2 Å². The Morgan fingerprint density at radius 3 is 2.77 bits per heavy atom. The molecule has 2 atom stereocenters. The lowest BCUT2D eigenvalue weighted by atomic mass is 9.93. The minimum Gasteiger partial charge on any atom is -0.593 e. The van der Waals surface area contributed by atoms with Crippen LogP contribution < -0.4 is 4.72 Å². The molecule has 2 unspecified atom stereocenters. The zero-order valence-electron chi connectivity index (χ0n) is 14.6. The molecule has 1 aliphatic rings. The van der Waals surface area contributed by atoms with Crippen LogP contribution in [0.25, 0.3) is 0 Å². The van der Waals surface area contributed by atoms with Crippen molar-refractivity contribution in [2.75, 3.05) is 17.5 Å². The molecule has 138 valence electrons. The first-order valence-corrected chi connectivity index (χ1v) is 10.6. The zero-order chi connectivity index (χ0) is 18.8. The second kappa shape index (κ2) is 8.09. The Morgan fingerprint density at radius 1 is 1.31 bits per heavy atom. The van der Waals surface area contributed by atoms with Crippen molar-refractivity contribution in [3.63, 3.8) is 0 Å². The first-order chi connectivity index (χ1) is 12.4. The van der Waals surface area contributed by atoms with Crippen LogP contribution >= 0.6 is 23.2 Å². The first-order valence-electron chi connectivity index (χ1n) is 8.32. The molecule has 1 heterocycles. The van der Waals surface area contributed by atoms with Gasteiger partial charge in [0, 0.05) is 17.1 Å². The molecule has 0 saturated carbocycles. The summed E-state index contributed by atoms with van der Waals surface area (Å²) in [6, 6.07) is 11.5. The van der Waals surface area contributed by atoms with Gasteiger partial charge in [0.05, 0.1) is 28.8 Å². The fraction of sp³-hybridized carbons (Fsp3) is 0.316. The molecule has 0 fully saturated rings. The molecule has 0 bridgehead atoms. The van der Waals surface area contributed by atoms with Crippen molar-refractivity contribution in [2.45, 2.75) is 25.8 Å². The van der Waals surface area contributed by atoms with Gasteiger partial charge in [0.1, 0.15) is 11.9 Å². The summed E-state index contributed by atoms with van der Waals surface area (Å²) in [5.41, 5.74) is 3.54. The highest BCUT2D eigenvalue weighted by Crippen LogP contribution is 2.35. The van der Waals surface area contributed by atoms with Gasteiger partial charge >= 0.3 is 0 Å². The molecule has 0 radical (unpaired) electrons. The second-order valence-electron chi connectivity index (χ2n) is 6.33. The lowest BCUT2D eigenvalue weighted by Gasteiger charge is -2.35. The molecule has 1 amide bonds. The number of nitrogens with one attached hydrogen (secondary N) is 1. The molecule has 1 aliphatic heterocycles. The highest BCUT2D eigenvalue weighted by molar-refractivity contribution is 7.92. The molecule has 3 rings (SSSR count). The maximum atomic E-state index is 13.0. The number of hydrogen-bond acceptors (Lipinski definition) is 3. The normalized spacial score (nSPS) is 17.6. The summed E-state index contributed by atoms with van der Waals surface area (Å²) in [6.07, 6.45) is 2.46. The monoisotopic (exact) mass is 410 g/mol. The third kappa shape index (κ3) is 3.96. The van der Waals surface area contributed by atoms with Gasteiger partial charge in [-0.15, -0.1) is 0 Å². The standard InChI is InChI=1S/C19H20Cl2N2O2S/c1-12-14-6-4-3-5-13(14)9-10-23(12)18(24)11-15-16(20)7-8-17(19(15)21)22-26(2)25/h3-8,12,22H,9-11H2,1-2H3. The molecule has 0 aliphatic carbocycles. The number of benzene rings is 2.